The van der Waals surface area contributed by atoms with Crippen LogP contribution >= 0.6 is 0 Å². The molecular weight excluding hydrogens is 224 g/mol. The second kappa shape index (κ2) is 5.41. The average molecular weight is 242 g/mol. The van der Waals surface area contributed by atoms with Crippen LogP contribution in [0.3, 0.4) is 0 Å². The quantitative estimate of drug-likeness (QED) is 0.837. The Morgan fingerprint density at radius 2 is 2.19 bits per heavy atom. The highest BCUT2D eigenvalue weighted by molar-refractivity contribution is 7.90. The van der Waals surface area contributed by atoms with Gasteiger partial charge in [0, 0.05) is 12.2 Å². The van der Waals surface area contributed by atoms with Crippen molar-refractivity contribution in [3.05, 3.63) is 29.6 Å². The Kier molecular flexibility index (Phi) is 4.44. The average Bonchev–Trinajstić information content (AvgIpc) is 2.19. The Morgan fingerprint density at radius 3 is 2.75 bits per heavy atom. The number of pyridine rings is 1. The molecule has 2 N–H and O–H groups in total. The molecule has 1 heterocycles. The van der Waals surface area contributed by atoms with E-state index in [9.17, 15) is 8.42 Å². The molecule has 90 valence electrons. The van der Waals surface area contributed by atoms with Crippen molar-refractivity contribution in [3.63, 3.8) is 0 Å². The van der Waals surface area contributed by atoms with Gasteiger partial charge in [-0.1, -0.05) is 6.07 Å². The van der Waals surface area contributed by atoms with E-state index in [4.69, 9.17) is 5.73 Å². The molecular formula is C11H18N2O2S. The first kappa shape index (κ1) is 13.1. The molecule has 0 aromatic carbocycles. The number of sulfone groups is 1. The molecule has 0 aliphatic rings. The van der Waals surface area contributed by atoms with E-state index in [0.29, 0.717) is 12.1 Å². The molecule has 5 heteroatoms. The maximum atomic E-state index is 11.8. The smallest absolute Gasteiger partial charge is 0.156 e. The lowest BCUT2D eigenvalue weighted by molar-refractivity contribution is 0.586. The summed E-state index contributed by atoms with van der Waals surface area (Å²) in [6.07, 6.45) is 2.11. The number of hydrogen-bond acceptors (Lipinski definition) is 4. The van der Waals surface area contributed by atoms with Crippen LogP contribution in [0.1, 0.15) is 24.6 Å². The summed E-state index contributed by atoms with van der Waals surface area (Å²) < 4.78 is 23.5. The fourth-order valence-corrected chi connectivity index (χ4v) is 2.91. The van der Waals surface area contributed by atoms with Crippen molar-refractivity contribution in [1.82, 2.24) is 4.98 Å². The molecule has 0 bridgehead atoms. The summed E-state index contributed by atoms with van der Waals surface area (Å²) >= 11 is 0. The summed E-state index contributed by atoms with van der Waals surface area (Å²) in [6.45, 7) is 3.67. The molecule has 1 aromatic rings. The minimum atomic E-state index is -3.09. The number of nitrogens with two attached hydrogens (primary N) is 1. The van der Waals surface area contributed by atoms with Gasteiger partial charge in [0.2, 0.25) is 0 Å². The van der Waals surface area contributed by atoms with Crippen molar-refractivity contribution in [2.24, 2.45) is 5.73 Å². The molecule has 1 rings (SSSR count). The Hall–Kier alpha value is -0.940. The Bertz CT molecular complexity index is 441. The van der Waals surface area contributed by atoms with E-state index in [-0.39, 0.29) is 17.5 Å². The number of rotatable bonds is 5. The highest BCUT2D eigenvalue weighted by Gasteiger charge is 2.14. The summed E-state index contributed by atoms with van der Waals surface area (Å²) in [4.78, 5) is 4.08. The van der Waals surface area contributed by atoms with E-state index in [1.54, 1.807) is 12.3 Å². The second-order valence-electron chi connectivity index (χ2n) is 4.12. The number of nitrogens with zero attached hydrogens (tertiary/aromatic N) is 1. The zero-order valence-electron chi connectivity index (χ0n) is 9.68. The minimum absolute atomic E-state index is 0.00634. The Labute approximate surface area is 96.8 Å². The molecule has 0 saturated carbocycles. The van der Waals surface area contributed by atoms with Gasteiger partial charge in [-0.15, -0.1) is 0 Å². The topological polar surface area (TPSA) is 73.0 Å². The first-order chi connectivity index (χ1) is 7.41. The summed E-state index contributed by atoms with van der Waals surface area (Å²) in [5.74, 6) is 0.132. The van der Waals surface area contributed by atoms with Gasteiger partial charge in [0.25, 0.3) is 0 Å². The molecule has 1 atom stereocenters. The van der Waals surface area contributed by atoms with Crippen molar-refractivity contribution in [3.8, 4) is 0 Å². The molecule has 1 unspecified atom stereocenters. The predicted molar refractivity (Wildman–Crippen MR) is 64.7 cm³/mol. The van der Waals surface area contributed by atoms with Crippen LogP contribution in [-0.4, -0.2) is 25.2 Å². The van der Waals surface area contributed by atoms with Crippen molar-refractivity contribution < 1.29 is 8.42 Å². The van der Waals surface area contributed by atoms with Crippen LogP contribution in [0, 0.1) is 6.92 Å². The zero-order chi connectivity index (χ0) is 12.2. The standard InChI is InChI=1S/C11H18N2O2S/c1-9-4-3-6-13-11(9)8-16(14,15)7-5-10(2)12/h3-4,6,10H,5,7-8,12H2,1-2H3. The molecule has 0 amide bonds. The maximum absolute atomic E-state index is 11.8. The van der Waals surface area contributed by atoms with Crippen LogP contribution in [0.25, 0.3) is 0 Å². The molecule has 1 aromatic heterocycles. The van der Waals surface area contributed by atoms with Gasteiger partial charge >= 0.3 is 0 Å². The van der Waals surface area contributed by atoms with Gasteiger partial charge in [-0.2, -0.15) is 0 Å². The van der Waals surface area contributed by atoms with Crippen LogP contribution in [-0.2, 0) is 15.6 Å². The Morgan fingerprint density at radius 1 is 1.50 bits per heavy atom. The first-order valence-electron chi connectivity index (χ1n) is 5.27. The highest BCUT2D eigenvalue weighted by atomic mass is 32.2. The third kappa shape index (κ3) is 4.28. The van der Waals surface area contributed by atoms with Crippen LogP contribution in [0.4, 0.5) is 0 Å². The van der Waals surface area contributed by atoms with E-state index in [0.717, 1.165) is 5.56 Å². The van der Waals surface area contributed by atoms with Crippen molar-refractivity contribution in [2.45, 2.75) is 32.1 Å². The Balaban J connectivity index is 2.70. The summed E-state index contributed by atoms with van der Waals surface area (Å²) in [5.41, 5.74) is 7.08. The van der Waals surface area contributed by atoms with Crippen molar-refractivity contribution in [1.29, 1.82) is 0 Å². The summed E-state index contributed by atoms with van der Waals surface area (Å²) in [5, 5.41) is 0. The maximum Gasteiger partial charge on any atom is 0.156 e. The third-order valence-electron chi connectivity index (χ3n) is 2.36. The predicted octanol–water partition coefficient (Wildman–Crippen LogP) is 1.04. The van der Waals surface area contributed by atoms with Gasteiger partial charge < -0.3 is 5.73 Å². The van der Waals surface area contributed by atoms with E-state index in [1.807, 2.05) is 19.9 Å². The minimum Gasteiger partial charge on any atom is -0.328 e. The normalized spacial score (nSPS) is 13.7. The molecule has 0 aliphatic carbocycles. The SMILES string of the molecule is Cc1cccnc1CS(=O)(=O)CCC(C)N. The van der Waals surface area contributed by atoms with Crippen LogP contribution in [0.5, 0.6) is 0 Å². The molecule has 0 aliphatic heterocycles. The lowest BCUT2D eigenvalue weighted by atomic mass is 10.2. The van der Waals surface area contributed by atoms with Gasteiger partial charge in [0.05, 0.1) is 17.2 Å². The number of aromatic nitrogens is 1. The summed E-state index contributed by atoms with van der Waals surface area (Å²) in [6, 6.07) is 3.58. The van der Waals surface area contributed by atoms with Gasteiger partial charge in [-0.05, 0) is 31.9 Å². The molecule has 0 radical (unpaired) electrons. The second-order valence-corrected chi connectivity index (χ2v) is 6.31. The van der Waals surface area contributed by atoms with E-state index >= 15 is 0 Å². The van der Waals surface area contributed by atoms with Crippen molar-refractivity contribution >= 4 is 9.84 Å². The first-order valence-corrected chi connectivity index (χ1v) is 7.09. The highest BCUT2D eigenvalue weighted by Crippen LogP contribution is 2.09. The van der Waals surface area contributed by atoms with Crippen LogP contribution in [0.2, 0.25) is 0 Å². The lowest BCUT2D eigenvalue weighted by Gasteiger charge is -2.07. The molecule has 0 fully saturated rings. The number of hydrogen-bond donors (Lipinski definition) is 1. The molecule has 16 heavy (non-hydrogen) atoms. The zero-order valence-corrected chi connectivity index (χ0v) is 10.5. The van der Waals surface area contributed by atoms with E-state index in [2.05, 4.69) is 4.98 Å². The van der Waals surface area contributed by atoms with Gasteiger partial charge in [-0.25, -0.2) is 8.42 Å². The molecule has 0 saturated heterocycles. The van der Waals surface area contributed by atoms with Crippen LogP contribution in [0.15, 0.2) is 18.3 Å². The van der Waals surface area contributed by atoms with Gasteiger partial charge in [0.1, 0.15) is 0 Å². The largest absolute Gasteiger partial charge is 0.328 e. The van der Waals surface area contributed by atoms with E-state index < -0.39 is 9.84 Å². The summed E-state index contributed by atoms with van der Waals surface area (Å²) in [7, 11) is -3.09. The van der Waals surface area contributed by atoms with Crippen LogP contribution < -0.4 is 5.73 Å². The molecule has 4 nitrogen and oxygen atoms in total. The monoisotopic (exact) mass is 242 g/mol. The fraction of sp³-hybridized carbons (Fsp3) is 0.545. The van der Waals surface area contributed by atoms with Gasteiger partial charge in [-0.3, -0.25) is 4.98 Å². The fourth-order valence-electron chi connectivity index (χ4n) is 1.32. The van der Waals surface area contributed by atoms with Gasteiger partial charge in [0.15, 0.2) is 9.84 Å². The third-order valence-corrected chi connectivity index (χ3v) is 3.93. The molecule has 0 spiro atoms. The lowest BCUT2D eigenvalue weighted by Crippen LogP contribution is -2.21. The van der Waals surface area contributed by atoms with E-state index in [1.165, 1.54) is 0 Å². The van der Waals surface area contributed by atoms with Crippen molar-refractivity contribution in [2.75, 3.05) is 5.75 Å². The number of aryl methyl sites for hydroxylation is 1.